The average Bonchev–Trinajstić information content (AvgIpc) is 3.21. The summed E-state index contributed by atoms with van der Waals surface area (Å²) in [5.41, 5.74) is 10.6. The summed E-state index contributed by atoms with van der Waals surface area (Å²) < 4.78 is 1.60. The van der Waals surface area contributed by atoms with E-state index < -0.39 is 0 Å². The van der Waals surface area contributed by atoms with E-state index in [0.29, 0.717) is 24.6 Å². The molecular weight excluding hydrogens is 425 g/mol. The van der Waals surface area contributed by atoms with Crippen LogP contribution in [0.15, 0.2) is 12.1 Å². The number of benzene rings is 1. The molecule has 0 aliphatic heterocycles. The summed E-state index contributed by atoms with van der Waals surface area (Å²) in [6.45, 7) is 10.6. The fourth-order valence-corrected chi connectivity index (χ4v) is 3.13. The predicted octanol–water partition coefficient (Wildman–Crippen LogP) is 2.94. The normalized spacial score (nSPS) is 11.8. The number of carbonyl (C=O) groups excluding carboxylic acids is 1. The number of nitrogens with zero attached hydrogens (tertiary/aromatic N) is 4. The molecule has 1 atom stereocenters. The number of aromatic amines is 1. The zero-order valence-corrected chi connectivity index (χ0v) is 19.7. The summed E-state index contributed by atoms with van der Waals surface area (Å²) in [7, 11) is 0. The van der Waals surface area contributed by atoms with Crippen LogP contribution >= 0.6 is 24.8 Å². The van der Waals surface area contributed by atoms with Crippen LogP contribution in [0.5, 0.6) is 0 Å². The van der Waals surface area contributed by atoms with E-state index in [0.717, 1.165) is 16.9 Å². The maximum Gasteiger partial charge on any atom is 0.241 e. The minimum Gasteiger partial charge on any atom is -0.354 e. The molecule has 0 aliphatic rings. The lowest BCUT2D eigenvalue weighted by Crippen LogP contribution is -2.32. The van der Waals surface area contributed by atoms with Gasteiger partial charge < -0.3 is 16.0 Å². The topological polar surface area (TPSA) is 115 Å². The molecule has 1 aromatic carbocycles. The third-order valence-electron chi connectivity index (χ3n) is 5.03. The number of fused-ring (bicyclic) bond motifs is 1. The zero-order valence-electron chi connectivity index (χ0n) is 18.0. The first-order valence-corrected chi connectivity index (χ1v) is 9.64. The van der Waals surface area contributed by atoms with Crippen LogP contribution in [0.2, 0.25) is 0 Å². The highest BCUT2D eigenvalue weighted by atomic mass is 35.5. The van der Waals surface area contributed by atoms with Crippen molar-refractivity contribution in [1.29, 1.82) is 0 Å². The Morgan fingerprint density at radius 3 is 2.57 bits per heavy atom. The summed E-state index contributed by atoms with van der Waals surface area (Å²) >= 11 is 0. The van der Waals surface area contributed by atoms with Crippen molar-refractivity contribution in [2.75, 3.05) is 6.54 Å². The van der Waals surface area contributed by atoms with E-state index in [4.69, 9.17) is 5.73 Å². The molecule has 3 aromatic rings. The van der Waals surface area contributed by atoms with Crippen LogP contribution < -0.4 is 11.1 Å². The standard InChI is InChI=1S/C20H29N7O.2ClH/c1-11(2)18(21)20-23-14(5)26-27(20)10-17(28)22-9-8-16-24-15-7-6-12(3)13(4)19(15)25-16;;/h6-7,11,18H,8-10,21H2,1-5H3,(H,22,28)(H,24,25);2*1H/t18-;;/m0../s1. The van der Waals surface area contributed by atoms with Gasteiger partial charge in [-0.2, -0.15) is 5.10 Å². The summed E-state index contributed by atoms with van der Waals surface area (Å²) in [6, 6.07) is 3.87. The van der Waals surface area contributed by atoms with E-state index in [1.165, 1.54) is 11.1 Å². The fourth-order valence-electron chi connectivity index (χ4n) is 3.13. The number of nitrogens with two attached hydrogens (primary N) is 1. The molecule has 10 heteroatoms. The van der Waals surface area contributed by atoms with Crippen LogP contribution in [0.1, 0.15) is 48.5 Å². The summed E-state index contributed by atoms with van der Waals surface area (Å²) in [5.74, 6) is 2.22. The number of hydrogen-bond donors (Lipinski definition) is 3. The molecule has 2 aromatic heterocycles. The fraction of sp³-hybridized carbons (Fsp3) is 0.500. The Labute approximate surface area is 189 Å². The van der Waals surface area contributed by atoms with Crippen LogP contribution in [-0.4, -0.2) is 37.2 Å². The zero-order chi connectivity index (χ0) is 20.4. The molecule has 2 heterocycles. The van der Waals surface area contributed by atoms with Crippen molar-refractivity contribution in [3.05, 3.63) is 40.7 Å². The molecule has 0 fully saturated rings. The van der Waals surface area contributed by atoms with Gasteiger partial charge in [-0.15, -0.1) is 24.8 Å². The van der Waals surface area contributed by atoms with Crippen LogP contribution in [0.25, 0.3) is 11.0 Å². The predicted molar refractivity (Wildman–Crippen MR) is 123 cm³/mol. The Morgan fingerprint density at radius 2 is 1.90 bits per heavy atom. The van der Waals surface area contributed by atoms with Gasteiger partial charge in [0.15, 0.2) is 0 Å². The lowest BCUT2D eigenvalue weighted by molar-refractivity contribution is -0.121. The largest absolute Gasteiger partial charge is 0.354 e. The monoisotopic (exact) mass is 455 g/mol. The minimum absolute atomic E-state index is 0. The molecule has 0 aliphatic carbocycles. The highest BCUT2D eigenvalue weighted by molar-refractivity contribution is 5.85. The Balaban J connectivity index is 0.00000225. The van der Waals surface area contributed by atoms with Gasteiger partial charge in [0, 0.05) is 13.0 Å². The number of carbonyl (C=O) groups is 1. The van der Waals surface area contributed by atoms with E-state index in [9.17, 15) is 4.79 Å². The Bertz CT molecular complexity index is 997. The molecule has 3 rings (SSSR count). The van der Waals surface area contributed by atoms with Crippen LogP contribution in [0.4, 0.5) is 0 Å². The molecule has 0 bridgehead atoms. The van der Waals surface area contributed by atoms with E-state index in [2.05, 4.69) is 45.3 Å². The smallest absolute Gasteiger partial charge is 0.241 e. The van der Waals surface area contributed by atoms with E-state index in [1.807, 2.05) is 19.9 Å². The third-order valence-corrected chi connectivity index (χ3v) is 5.03. The number of halogens is 2. The van der Waals surface area contributed by atoms with Gasteiger partial charge in [-0.3, -0.25) is 4.79 Å². The molecule has 166 valence electrons. The highest BCUT2D eigenvalue weighted by Crippen LogP contribution is 2.19. The maximum atomic E-state index is 12.4. The van der Waals surface area contributed by atoms with Gasteiger partial charge in [-0.1, -0.05) is 19.9 Å². The number of nitrogens with one attached hydrogen (secondary N) is 2. The third kappa shape index (κ3) is 5.71. The first-order chi connectivity index (χ1) is 13.3. The molecule has 4 N–H and O–H groups in total. The number of H-pyrrole nitrogens is 1. The molecule has 0 unspecified atom stereocenters. The molecular formula is C20H31Cl2N7O. The van der Waals surface area contributed by atoms with Crippen molar-refractivity contribution < 1.29 is 4.79 Å². The molecule has 1 amide bonds. The average molecular weight is 456 g/mol. The molecule has 0 saturated carbocycles. The van der Waals surface area contributed by atoms with Gasteiger partial charge in [-0.05, 0) is 43.9 Å². The number of imidazole rings is 1. The van der Waals surface area contributed by atoms with Crippen molar-refractivity contribution in [3.63, 3.8) is 0 Å². The second-order valence-corrected chi connectivity index (χ2v) is 7.63. The maximum absolute atomic E-state index is 12.4. The molecule has 0 spiro atoms. The first-order valence-electron chi connectivity index (χ1n) is 9.64. The van der Waals surface area contributed by atoms with Gasteiger partial charge in [-0.25, -0.2) is 14.6 Å². The van der Waals surface area contributed by atoms with Gasteiger partial charge in [0.25, 0.3) is 0 Å². The lowest BCUT2D eigenvalue weighted by atomic mass is 10.1. The number of aryl methyl sites for hydroxylation is 3. The van der Waals surface area contributed by atoms with E-state index in [-0.39, 0.29) is 49.2 Å². The quantitative estimate of drug-likeness (QED) is 0.506. The number of rotatable bonds is 7. The molecule has 30 heavy (non-hydrogen) atoms. The summed E-state index contributed by atoms with van der Waals surface area (Å²) in [6.07, 6.45) is 0.633. The number of hydrogen-bond acceptors (Lipinski definition) is 5. The SMILES string of the molecule is Cc1nc([C@@H](N)C(C)C)n(CC(=O)NCCc2nc3c(C)c(C)ccc3[nH]2)n1.Cl.Cl. The van der Waals surface area contributed by atoms with Crippen molar-refractivity contribution in [1.82, 2.24) is 30.0 Å². The number of aromatic nitrogens is 5. The Hall–Kier alpha value is -2.16. The second-order valence-electron chi connectivity index (χ2n) is 7.63. The van der Waals surface area contributed by atoms with Gasteiger partial charge in [0.1, 0.15) is 24.0 Å². The van der Waals surface area contributed by atoms with Crippen LogP contribution in [-0.2, 0) is 17.8 Å². The van der Waals surface area contributed by atoms with Crippen LogP contribution in [0, 0.1) is 26.7 Å². The lowest BCUT2D eigenvalue weighted by Gasteiger charge is -2.15. The van der Waals surface area contributed by atoms with Crippen molar-refractivity contribution in [2.24, 2.45) is 11.7 Å². The van der Waals surface area contributed by atoms with E-state index >= 15 is 0 Å². The van der Waals surface area contributed by atoms with Gasteiger partial charge in [0.2, 0.25) is 5.91 Å². The highest BCUT2D eigenvalue weighted by Gasteiger charge is 2.20. The second kappa shape index (κ2) is 10.7. The van der Waals surface area contributed by atoms with Gasteiger partial charge >= 0.3 is 0 Å². The Kier molecular flexibility index (Phi) is 9.27. The number of amides is 1. The molecule has 0 radical (unpaired) electrons. The van der Waals surface area contributed by atoms with Crippen molar-refractivity contribution >= 4 is 41.8 Å². The van der Waals surface area contributed by atoms with Gasteiger partial charge in [0.05, 0.1) is 17.1 Å². The summed E-state index contributed by atoms with van der Waals surface area (Å²) in [5, 5.41) is 7.24. The Morgan fingerprint density at radius 1 is 1.20 bits per heavy atom. The molecule has 0 saturated heterocycles. The minimum atomic E-state index is -0.253. The van der Waals surface area contributed by atoms with Crippen molar-refractivity contribution in [3.8, 4) is 0 Å². The summed E-state index contributed by atoms with van der Waals surface area (Å²) in [4.78, 5) is 24.7. The van der Waals surface area contributed by atoms with E-state index in [1.54, 1.807) is 11.6 Å². The van der Waals surface area contributed by atoms with Crippen LogP contribution in [0.3, 0.4) is 0 Å². The van der Waals surface area contributed by atoms with Crippen molar-refractivity contribution in [2.45, 2.75) is 53.6 Å². The molecule has 8 nitrogen and oxygen atoms in total. The first kappa shape index (κ1) is 25.9.